The Bertz CT molecular complexity index is 493. The van der Waals surface area contributed by atoms with Crippen LogP contribution in [0.4, 0.5) is 0 Å². The van der Waals surface area contributed by atoms with Crippen LogP contribution in [-0.4, -0.2) is 10.9 Å². The Morgan fingerprint density at radius 3 is 2.55 bits per heavy atom. The summed E-state index contributed by atoms with van der Waals surface area (Å²) < 4.78 is 0. The molecule has 0 fully saturated rings. The summed E-state index contributed by atoms with van der Waals surface area (Å²) >= 11 is 0. The molecular weight excluding hydrogens is 250 g/mol. The third-order valence-electron chi connectivity index (χ3n) is 3.19. The molecule has 1 aromatic heterocycles. The second kappa shape index (κ2) is 6.82. The van der Waals surface area contributed by atoms with Gasteiger partial charge in [0, 0.05) is 24.9 Å². The molecule has 4 heteroatoms. The second-order valence-corrected chi connectivity index (χ2v) is 4.80. The Kier molecular flexibility index (Phi) is 4.85. The maximum atomic E-state index is 12.0. The third kappa shape index (κ3) is 3.90. The molecule has 2 rings (SSSR count). The topological polar surface area (TPSA) is 68.0 Å². The van der Waals surface area contributed by atoms with E-state index in [0.717, 1.165) is 11.1 Å². The number of aromatic nitrogens is 1. The Labute approximate surface area is 119 Å². The Morgan fingerprint density at radius 1 is 1.20 bits per heavy atom. The highest BCUT2D eigenvalue weighted by Crippen LogP contribution is 2.15. The number of hydrogen-bond donors (Lipinski definition) is 2. The van der Waals surface area contributed by atoms with Gasteiger partial charge in [0.25, 0.3) is 0 Å². The van der Waals surface area contributed by atoms with Crippen molar-refractivity contribution in [3.63, 3.8) is 0 Å². The van der Waals surface area contributed by atoms with Crippen LogP contribution in [-0.2, 0) is 4.79 Å². The molecular formula is C16H19N3O. The molecule has 104 valence electrons. The molecule has 0 radical (unpaired) electrons. The van der Waals surface area contributed by atoms with Gasteiger partial charge >= 0.3 is 0 Å². The lowest BCUT2D eigenvalue weighted by atomic mass is 10.0. The summed E-state index contributed by atoms with van der Waals surface area (Å²) in [5, 5.41) is 2.94. The van der Waals surface area contributed by atoms with E-state index in [1.807, 2.05) is 49.4 Å². The summed E-state index contributed by atoms with van der Waals surface area (Å²) in [6, 6.07) is 13.1. The van der Waals surface area contributed by atoms with Crippen molar-refractivity contribution >= 4 is 5.91 Å². The average Bonchev–Trinajstić information content (AvgIpc) is 2.49. The zero-order valence-corrected chi connectivity index (χ0v) is 11.5. The zero-order valence-electron chi connectivity index (χ0n) is 11.5. The van der Waals surface area contributed by atoms with Crippen molar-refractivity contribution in [1.82, 2.24) is 10.3 Å². The standard InChI is InChI=1S/C16H19N3O/c1-12(14-8-5-9-18-11-14)19-16(20)10-15(17)13-6-3-2-4-7-13/h2-9,11-12,15H,10,17H2,1H3,(H,19,20)/t12-,15+/m1/s1. The minimum atomic E-state index is -0.280. The number of pyridine rings is 1. The van der Waals surface area contributed by atoms with Crippen molar-refractivity contribution < 1.29 is 4.79 Å². The molecule has 1 aromatic carbocycles. The predicted molar refractivity (Wildman–Crippen MR) is 78.8 cm³/mol. The van der Waals surface area contributed by atoms with Crippen molar-refractivity contribution in [2.24, 2.45) is 5.73 Å². The molecule has 1 amide bonds. The Balaban J connectivity index is 1.90. The summed E-state index contributed by atoms with van der Waals surface area (Å²) in [5.74, 6) is -0.0577. The molecule has 2 aromatic rings. The summed E-state index contributed by atoms with van der Waals surface area (Å²) in [5.41, 5.74) is 7.99. The smallest absolute Gasteiger partial charge is 0.222 e. The SMILES string of the molecule is C[C@@H](NC(=O)C[C@H](N)c1ccccc1)c1cccnc1. The van der Waals surface area contributed by atoms with E-state index in [4.69, 9.17) is 5.73 Å². The van der Waals surface area contributed by atoms with E-state index < -0.39 is 0 Å². The molecule has 4 nitrogen and oxygen atoms in total. The summed E-state index contributed by atoms with van der Waals surface area (Å²) in [6.45, 7) is 1.93. The summed E-state index contributed by atoms with van der Waals surface area (Å²) in [4.78, 5) is 16.0. The first-order chi connectivity index (χ1) is 9.66. The lowest BCUT2D eigenvalue weighted by molar-refractivity contribution is -0.122. The van der Waals surface area contributed by atoms with E-state index in [0.29, 0.717) is 0 Å². The Morgan fingerprint density at radius 2 is 1.90 bits per heavy atom. The maximum absolute atomic E-state index is 12.0. The van der Waals surface area contributed by atoms with Crippen molar-refractivity contribution in [3.05, 3.63) is 66.0 Å². The molecule has 0 saturated carbocycles. The molecule has 0 aliphatic heterocycles. The van der Waals surface area contributed by atoms with Gasteiger partial charge in [-0.05, 0) is 24.1 Å². The van der Waals surface area contributed by atoms with Gasteiger partial charge in [-0.3, -0.25) is 9.78 Å². The monoisotopic (exact) mass is 269 g/mol. The number of carbonyl (C=O) groups is 1. The van der Waals surface area contributed by atoms with Crippen LogP contribution in [0.5, 0.6) is 0 Å². The molecule has 2 atom stereocenters. The first-order valence-corrected chi connectivity index (χ1v) is 6.66. The van der Waals surface area contributed by atoms with Crippen molar-refractivity contribution in [2.45, 2.75) is 25.4 Å². The number of rotatable bonds is 5. The summed E-state index contributed by atoms with van der Waals surface area (Å²) in [7, 11) is 0. The number of amides is 1. The number of nitrogens with two attached hydrogens (primary N) is 1. The van der Waals surface area contributed by atoms with Crippen molar-refractivity contribution in [2.75, 3.05) is 0 Å². The van der Waals surface area contributed by atoms with Gasteiger partial charge in [0.2, 0.25) is 5.91 Å². The lowest BCUT2D eigenvalue weighted by Gasteiger charge is -2.16. The quantitative estimate of drug-likeness (QED) is 0.875. The van der Waals surface area contributed by atoms with Crippen LogP contribution in [0, 0.1) is 0 Å². The molecule has 0 aliphatic rings. The van der Waals surface area contributed by atoms with E-state index in [-0.39, 0.29) is 24.4 Å². The fourth-order valence-electron chi connectivity index (χ4n) is 2.03. The minimum absolute atomic E-state index is 0.0577. The van der Waals surface area contributed by atoms with Crippen LogP contribution in [0.2, 0.25) is 0 Å². The maximum Gasteiger partial charge on any atom is 0.222 e. The minimum Gasteiger partial charge on any atom is -0.349 e. The third-order valence-corrected chi connectivity index (χ3v) is 3.19. The zero-order chi connectivity index (χ0) is 14.4. The van der Waals surface area contributed by atoms with Crippen LogP contribution in [0.1, 0.15) is 36.6 Å². The first kappa shape index (κ1) is 14.2. The molecule has 20 heavy (non-hydrogen) atoms. The van der Waals surface area contributed by atoms with E-state index in [1.54, 1.807) is 12.4 Å². The van der Waals surface area contributed by atoms with Crippen LogP contribution < -0.4 is 11.1 Å². The molecule has 3 N–H and O–H groups in total. The number of hydrogen-bond acceptors (Lipinski definition) is 3. The highest BCUT2D eigenvalue weighted by molar-refractivity contribution is 5.77. The van der Waals surface area contributed by atoms with Gasteiger partial charge in [-0.15, -0.1) is 0 Å². The van der Waals surface area contributed by atoms with Gasteiger partial charge in [-0.25, -0.2) is 0 Å². The van der Waals surface area contributed by atoms with Gasteiger partial charge in [-0.1, -0.05) is 36.4 Å². The second-order valence-electron chi connectivity index (χ2n) is 4.80. The number of nitrogens with one attached hydrogen (secondary N) is 1. The average molecular weight is 269 g/mol. The molecule has 0 aliphatic carbocycles. The van der Waals surface area contributed by atoms with Gasteiger partial charge in [0.15, 0.2) is 0 Å². The first-order valence-electron chi connectivity index (χ1n) is 6.66. The normalized spacial score (nSPS) is 13.5. The number of nitrogens with zero attached hydrogens (tertiary/aromatic N) is 1. The molecule has 0 spiro atoms. The number of benzene rings is 1. The van der Waals surface area contributed by atoms with Gasteiger partial charge in [-0.2, -0.15) is 0 Å². The lowest BCUT2D eigenvalue weighted by Crippen LogP contribution is -2.29. The number of carbonyl (C=O) groups excluding carboxylic acids is 1. The molecule has 0 saturated heterocycles. The van der Waals surface area contributed by atoms with E-state index in [9.17, 15) is 4.79 Å². The van der Waals surface area contributed by atoms with E-state index in [2.05, 4.69) is 10.3 Å². The van der Waals surface area contributed by atoms with Crippen LogP contribution in [0.15, 0.2) is 54.9 Å². The van der Waals surface area contributed by atoms with E-state index in [1.165, 1.54) is 0 Å². The van der Waals surface area contributed by atoms with Gasteiger partial charge in [0.1, 0.15) is 0 Å². The predicted octanol–water partition coefficient (Wildman–Crippen LogP) is 2.35. The highest BCUT2D eigenvalue weighted by Gasteiger charge is 2.14. The van der Waals surface area contributed by atoms with Gasteiger partial charge in [0.05, 0.1) is 6.04 Å². The van der Waals surface area contributed by atoms with Crippen LogP contribution in [0.3, 0.4) is 0 Å². The van der Waals surface area contributed by atoms with Gasteiger partial charge < -0.3 is 11.1 Å². The summed E-state index contributed by atoms with van der Waals surface area (Å²) in [6.07, 6.45) is 3.74. The van der Waals surface area contributed by atoms with Crippen LogP contribution >= 0.6 is 0 Å². The van der Waals surface area contributed by atoms with Crippen LogP contribution in [0.25, 0.3) is 0 Å². The largest absolute Gasteiger partial charge is 0.349 e. The Hall–Kier alpha value is -2.20. The molecule has 1 heterocycles. The fourth-order valence-corrected chi connectivity index (χ4v) is 2.03. The van der Waals surface area contributed by atoms with E-state index >= 15 is 0 Å². The molecule has 0 bridgehead atoms. The highest BCUT2D eigenvalue weighted by atomic mass is 16.1. The molecule has 0 unspecified atom stereocenters. The van der Waals surface area contributed by atoms with Crippen molar-refractivity contribution in [3.8, 4) is 0 Å². The fraction of sp³-hybridized carbons (Fsp3) is 0.250. The van der Waals surface area contributed by atoms with Crippen molar-refractivity contribution in [1.29, 1.82) is 0 Å².